The van der Waals surface area contributed by atoms with Crippen molar-refractivity contribution >= 4 is 5.97 Å². The maximum atomic E-state index is 11.9. The molecule has 2 aromatic carbocycles. The van der Waals surface area contributed by atoms with Crippen LogP contribution in [0.2, 0.25) is 0 Å². The summed E-state index contributed by atoms with van der Waals surface area (Å²) >= 11 is 0. The molecule has 6 rings (SSSR count). The number of carboxylic acids is 1. The van der Waals surface area contributed by atoms with E-state index in [2.05, 4.69) is 36.4 Å². The van der Waals surface area contributed by atoms with Gasteiger partial charge in [0.2, 0.25) is 0 Å². The van der Waals surface area contributed by atoms with Crippen LogP contribution in [0, 0.1) is 5.41 Å². The predicted molar refractivity (Wildman–Crippen MR) is 98.8 cm³/mol. The number of aromatic carboxylic acids is 1. The number of para-hydroxylation sites is 1. The summed E-state index contributed by atoms with van der Waals surface area (Å²) in [6.07, 6.45) is 7.47. The van der Waals surface area contributed by atoms with E-state index in [9.17, 15) is 9.90 Å². The first-order valence-electron chi connectivity index (χ1n) is 9.19. The normalized spacial score (nSPS) is 32.9. The molecule has 3 aromatic rings. The predicted octanol–water partition coefficient (Wildman–Crippen LogP) is 4.55. The summed E-state index contributed by atoms with van der Waals surface area (Å²) in [5, 5.41) is 9.75. The first-order valence-corrected chi connectivity index (χ1v) is 9.19. The van der Waals surface area contributed by atoms with Gasteiger partial charge in [-0.2, -0.15) is 0 Å². The third-order valence-corrected chi connectivity index (χ3v) is 7.36. The largest absolute Gasteiger partial charge is 0.478 e. The van der Waals surface area contributed by atoms with E-state index in [4.69, 9.17) is 0 Å². The van der Waals surface area contributed by atoms with Gasteiger partial charge in [-0.3, -0.25) is 0 Å². The van der Waals surface area contributed by atoms with Gasteiger partial charge >= 0.3 is 5.97 Å². The van der Waals surface area contributed by atoms with Crippen molar-refractivity contribution in [2.24, 2.45) is 5.41 Å². The molecular weight excluding hydrogens is 322 g/mol. The minimum Gasteiger partial charge on any atom is -0.478 e. The van der Waals surface area contributed by atoms with Crippen molar-refractivity contribution in [3.8, 4) is 5.69 Å². The lowest BCUT2D eigenvalue weighted by molar-refractivity contribution is 0.0696. The highest BCUT2D eigenvalue weighted by Gasteiger charge is 2.96. The second-order valence-electron chi connectivity index (χ2n) is 8.24. The average molecular weight is 341 g/mol. The lowest BCUT2D eigenvalue weighted by Gasteiger charge is -2.36. The average Bonchev–Trinajstić information content (AvgIpc) is 3.24. The molecule has 0 saturated heterocycles. The van der Waals surface area contributed by atoms with E-state index < -0.39 is 5.97 Å². The quantitative estimate of drug-likeness (QED) is 0.756. The number of hydrogen-bond acceptors (Lipinski definition) is 1. The van der Waals surface area contributed by atoms with Crippen LogP contribution in [0.5, 0.6) is 0 Å². The number of carboxylic acid groups (broad SMARTS) is 1. The Morgan fingerprint density at radius 3 is 2.27 bits per heavy atom. The third kappa shape index (κ3) is 1.41. The van der Waals surface area contributed by atoms with Gasteiger partial charge in [0.15, 0.2) is 0 Å². The number of hydrogen-bond donors (Lipinski definition) is 1. The molecule has 26 heavy (non-hydrogen) atoms. The highest BCUT2D eigenvalue weighted by molar-refractivity contribution is 5.93. The van der Waals surface area contributed by atoms with Crippen molar-refractivity contribution in [2.45, 2.75) is 30.1 Å². The minimum absolute atomic E-state index is 0.161. The summed E-state index contributed by atoms with van der Waals surface area (Å²) in [5.41, 5.74) is 4.79. The summed E-state index contributed by atoms with van der Waals surface area (Å²) in [6, 6.07) is 20.6. The molecular formula is C23H19NO2. The van der Waals surface area contributed by atoms with Crippen molar-refractivity contribution in [3.05, 3.63) is 89.7 Å². The molecule has 0 radical (unpaired) electrons. The molecule has 3 saturated carbocycles. The first kappa shape index (κ1) is 14.4. The maximum Gasteiger partial charge on any atom is 0.337 e. The van der Waals surface area contributed by atoms with E-state index in [-0.39, 0.29) is 5.41 Å². The van der Waals surface area contributed by atoms with E-state index in [1.807, 2.05) is 35.2 Å². The third-order valence-electron chi connectivity index (χ3n) is 7.36. The number of aromatic nitrogens is 1. The molecule has 0 aliphatic heterocycles. The van der Waals surface area contributed by atoms with Gasteiger partial charge in [0.25, 0.3) is 0 Å². The molecule has 3 fully saturated rings. The summed E-state index contributed by atoms with van der Waals surface area (Å²) in [7, 11) is 0. The van der Waals surface area contributed by atoms with Crippen LogP contribution in [0.1, 0.15) is 40.7 Å². The van der Waals surface area contributed by atoms with Gasteiger partial charge in [0.1, 0.15) is 0 Å². The van der Waals surface area contributed by atoms with Crippen molar-refractivity contribution in [2.75, 3.05) is 0 Å². The van der Waals surface area contributed by atoms with E-state index >= 15 is 0 Å². The molecule has 0 bridgehead atoms. The smallest absolute Gasteiger partial charge is 0.337 e. The zero-order chi connectivity index (χ0) is 17.6. The Bertz CT molecular complexity index is 1060. The molecule has 3 atom stereocenters. The van der Waals surface area contributed by atoms with Gasteiger partial charge in [-0.25, -0.2) is 4.79 Å². The highest BCUT2D eigenvalue weighted by atomic mass is 16.4. The zero-order valence-corrected chi connectivity index (χ0v) is 14.4. The van der Waals surface area contributed by atoms with E-state index in [0.29, 0.717) is 16.4 Å². The van der Waals surface area contributed by atoms with E-state index in [1.165, 1.54) is 24.0 Å². The summed E-state index contributed by atoms with van der Waals surface area (Å²) in [5.74, 6) is -0.855. The standard InChI is InChI=1S/C23H19NO2/c25-20(26)17-9-6-10-18(19(17)24-11-4-5-12-24)22-13-21(14-23(21,22)15-22)16-7-2-1-3-8-16/h1-12H,13-15H2,(H,25,26). The molecule has 3 aliphatic rings. The van der Waals surface area contributed by atoms with E-state index in [0.717, 1.165) is 12.1 Å². The Morgan fingerprint density at radius 1 is 0.846 bits per heavy atom. The van der Waals surface area contributed by atoms with Gasteiger partial charge < -0.3 is 9.67 Å². The number of benzene rings is 2. The van der Waals surface area contributed by atoms with E-state index in [1.54, 1.807) is 6.07 Å². The minimum atomic E-state index is -0.855. The van der Waals surface area contributed by atoms with Crippen LogP contribution >= 0.6 is 0 Å². The summed E-state index contributed by atoms with van der Waals surface area (Å²) in [6.45, 7) is 0. The second kappa shape index (κ2) is 4.29. The number of rotatable bonds is 4. The Labute approximate surface area is 151 Å². The molecule has 3 unspecified atom stereocenters. The Kier molecular flexibility index (Phi) is 2.37. The molecule has 3 heteroatoms. The van der Waals surface area contributed by atoms with Crippen LogP contribution in [-0.4, -0.2) is 15.6 Å². The Hall–Kier alpha value is -2.81. The molecule has 3 nitrogen and oxygen atoms in total. The molecule has 128 valence electrons. The molecule has 1 aromatic heterocycles. The van der Waals surface area contributed by atoms with Gasteiger partial charge in [0, 0.05) is 23.2 Å². The van der Waals surface area contributed by atoms with Crippen molar-refractivity contribution in [1.82, 2.24) is 4.57 Å². The fourth-order valence-corrected chi connectivity index (χ4v) is 6.22. The summed E-state index contributed by atoms with van der Waals surface area (Å²) < 4.78 is 1.98. The molecule has 1 N–H and O–H groups in total. The molecule has 3 aliphatic carbocycles. The molecule has 1 heterocycles. The zero-order valence-electron chi connectivity index (χ0n) is 14.4. The second-order valence-corrected chi connectivity index (χ2v) is 8.24. The number of nitrogens with zero attached hydrogens (tertiary/aromatic N) is 1. The lowest BCUT2D eigenvalue weighted by atomic mass is 9.67. The topological polar surface area (TPSA) is 42.2 Å². The highest BCUT2D eigenvalue weighted by Crippen LogP contribution is 3.00. The fraction of sp³-hybridized carbons (Fsp3) is 0.261. The van der Waals surface area contributed by atoms with Crippen LogP contribution in [0.15, 0.2) is 73.1 Å². The maximum absolute atomic E-state index is 11.9. The lowest BCUT2D eigenvalue weighted by Crippen LogP contribution is -2.34. The van der Waals surface area contributed by atoms with Crippen LogP contribution in [0.25, 0.3) is 5.69 Å². The van der Waals surface area contributed by atoms with Gasteiger partial charge in [-0.15, -0.1) is 0 Å². The summed E-state index contributed by atoms with van der Waals surface area (Å²) in [4.78, 5) is 11.9. The van der Waals surface area contributed by atoms with Crippen molar-refractivity contribution in [1.29, 1.82) is 0 Å². The van der Waals surface area contributed by atoms with Crippen molar-refractivity contribution < 1.29 is 9.90 Å². The van der Waals surface area contributed by atoms with Gasteiger partial charge in [0.05, 0.1) is 11.3 Å². The fourth-order valence-electron chi connectivity index (χ4n) is 6.22. The van der Waals surface area contributed by atoms with Gasteiger partial charge in [-0.1, -0.05) is 42.5 Å². The Balaban J connectivity index is 1.48. The van der Waals surface area contributed by atoms with Gasteiger partial charge in [-0.05, 0) is 54.0 Å². The van der Waals surface area contributed by atoms with Crippen molar-refractivity contribution in [3.63, 3.8) is 0 Å². The first-order chi connectivity index (χ1) is 12.6. The van der Waals surface area contributed by atoms with Crippen LogP contribution in [-0.2, 0) is 10.8 Å². The monoisotopic (exact) mass is 341 g/mol. The van der Waals surface area contributed by atoms with Crippen LogP contribution in [0.4, 0.5) is 0 Å². The SMILES string of the molecule is O=C(O)c1cccc(C23CC4(c5ccccc5)CC42C3)c1-n1cccc1. The Morgan fingerprint density at radius 2 is 1.58 bits per heavy atom. The number of carbonyl (C=O) groups is 1. The van der Waals surface area contributed by atoms with Crippen LogP contribution in [0.3, 0.4) is 0 Å². The molecule has 0 amide bonds. The van der Waals surface area contributed by atoms with Crippen LogP contribution < -0.4 is 0 Å². The molecule has 1 spiro atoms.